The number of alkyl halides is 3. The number of halogens is 3. The first-order chi connectivity index (χ1) is 12.2. The number of aryl methyl sites for hydroxylation is 2. The summed E-state index contributed by atoms with van der Waals surface area (Å²) < 4.78 is 40.7. The van der Waals surface area contributed by atoms with Crippen molar-refractivity contribution in [1.82, 2.24) is 24.5 Å². The summed E-state index contributed by atoms with van der Waals surface area (Å²) >= 11 is 0. The average molecular weight is 363 g/mol. The van der Waals surface area contributed by atoms with Crippen LogP contribution in [0.3, 0.4) is 0 Å². The van der Waals surface area contributed by atoms with Gasteiger partial charge in [-0.1, -0.05) is 18.2 Å². The summed E-state index contributed by atoms with van der Waals surface area (Å²) in [6, 6.07) is 6.95. The third-order valence-electron chi connectivity index (χ3n) is 3.89. The van der Waals surface area contributed by atoms with E-state index in [0.717, 1.165) is 22.4 Å². The van der Waals surface area contributed by atoms with Crippen molar-refractivity contribution in [2.75, 3.05) is 7.05 Å². The summed E-state index contributed by atoms with van der Waals surface area (Å²) in [4.78, 5) is 22.0. The van der Waals surface area contributed by atoms with Crippen LogP contribution in [0.15, 0.2) is 30.3 Å². The summed E-state index contributed by atoms with van der Waals surface area (Å²) in [5.41, 5.74) is 0.721. The second-order valence-corrected chi connectivity index (χ2v) is 6.00. The van der Waals surface area contributed by atoms with Gasteiger partial charge in [0.15, 0.2) is 0 Å². The molecule has 0 unspecified atom stereocenters. The van der Waals surface area contributed by atoms with E-state index < -0.39 is 17.6 Å². The molecule has 26 heavy (non-hydrogen) atoms. The highest BCUT2D eigenvalue weighted by Gasteiger charge is 2.33. The predicted octanol–water partition coefficient (Wildman–Crippen LogP) is 3.03. The van der Waals surface area contributed by atoms with Crippen molar-refractivity contribution < 1.29 is 18.0 Å². The Kier molecular flexibility index (Phi) is 4.39. The first kappa shape index (κ1) is 17.8. The molecule has 0 spiro atoms. The van der Waals surface area contributed by atoms with Gasteiger partial charge in [0, 0.05) is 25.0 Å². The van der Waals surface area contributed by atoms with Gasteiger partial charge in [0.05, 0.1) is 5.56 Å². The topological polar surface area (TPSA) is 63.4 Å². The van der Waals surface area contributed by atoms with Gasteiger partial charge in [-0.05, 0) is 31.5 Å². The number of benzene rings is 1. The van der Waals surface area contributed by atoms with Crippen molar-refractivity contribution in [2.24, 2.45) is 0 Å². The lowest BCUT2D eigenvalue weighted by molar-refractivity contribution is -0.138. The molecule has 0 atom stereocenters. The number of hydrogen-bond acceptors (Lipinski definition) is 4. The summed E-state index contributed by atoms with van der Waals surface area (Å²) in [5, 5.41) is 4.12. The molecule has 0 bridgehead atoms. The molecule has 0 saturated heterocycles. The van der Waals surface area contributed by atoms with Crippen molar-refractivity contribution >= 4 is 11.7 Å². The second kappa shape index (κ2) is 6.40. The van der Waals surface area contributed by atoms with Crippen molar-refractivity contribution in [3.8, 4) is 0 Å². The minimum Gasteiger partial charge on any atom is -0.335 e. The molecule has 3 aromatic rings. The van der Waals surface area contributed by atoms with Gasteiger partial charge in [-0.15, -0.1) is 5.10 Å². The Balaban J connectivity index is 1.89. The van der Waals surface area contributed by atoms with Gasteiger partial charge in [-0.3, -0.25) is 4.79 Å². The number of amides is 1. The number of nitrogens with zero attached hydrogens (tertiary/aromatic N) is 5. The molecule has 3 rings (SSSR count). The molecule has 1 aromatic carbocycles. The Hall–Kier alpha value is -2.97. The van der Waals surface area contributed by atoms with Gasteiger partial charge in [0.2, 0.25) is 5.82 Å². The Labute approximate surface area is 147 Å². The molecule has 0 aliphatic carbocycles. The van der Waals surface area contributed by atoms with Gasteiger partial charge in [-0.25, -0.2) is 9.50 Å². The molecule has 0 fully saturated rings. The van der Waals surface area contributed by atoms with E-state index in [4.69, 9.17) is 0 Å². The molecule has 2 heterocycles. The highest BCUT2D eigenvalue weighted by Crippen LogP contribution is 2.32. The van der Waals surface area contributed by atoms with Crippen molar-refractivity contribution in [3.05, 3.63) is 58.7 Å². The lowest BCUT2D eigenvalue weighted by Crippen LogP contribution is -2.28. The summed E-state index contributed by atoms with van der Waals surface area (Å²) in [5.74, 6) is -0.419. The Morgan fingerprint density at radius 2 is 1.88 bits per heavy atom. The average Bonchev–Trinajstić information content (AvgIpc) is 2.97. The molecule has 1 amide bonds. The van der Waals surface area contributed by atoms with E-state index in [2.05, 4.69) is 15.1 Å². The highest BCUT2D eigenvalue weighted by atomic mass is 19.4. The van der Waals surface area contributed by atoms with Crippen LogP contribution in [0.4, 0.5) is 13.2 Å². The second-order valence-electron chi connectivity index (χ2n) is 6.00. The maximum atomic E-state index is 13.1. The van der Waals surface area contributed by atoms with E-state index in [1.54, 1.807) is 19.9 Å². The number of aromatic nitrogens is 4. The summed E-state index contributed by atoms with van der Waals surface area (Å²) in [6.07, 6.45) is -4.49. The standard InChI is InChI=1S/C17H16F3N5O/c1-10-8-11(2)25-16(21-10)22-14(23-25)15(26)24(3)9-12-6-4-5-7-13(12)17(18,19)20/h4-8H,9H2,1-3H3. The maximum Gasteiger partial charge on any atom is 0.416 e. The zero-order chi connectivity index (χ0) is 19.1. The molecule has 9 heteroatoms. The molecular weight excluding hydrogens is 347 g/mol. The van der Waals surface area contributed by atoms with Crippen molar-refractivity contribution in [1.29, 1.82) is 0 Å². The first-order valence-corrected chi connectivity index (χ1v) is 7.78. The SMILES string of the molecule is Cc1cc(C)n2nc(C(=O)N(C)Cc3ccccc3C(F)(F)F)nc2n1. The minimum absolute atomic E-state index is 0.00441. The number of fused-ring (bicyclic) bond motifs is 1. The predicted molar refractivity (Wildman–Crippen MR) is 87.5 cm³/mol. The van der Waals surface area contributed by atoms with Gasteiger partial charge < -0.3 is 4.90 Å². The van der Waals surface area contributed by atoms with E-state index in [1.807, 2.05) is 0 Å². The largest absolute Gasteiger partial charge is 0.416 e. The van der Waals surface area contributed by atoms with Gasteiger partial charge >= 0.3 is 6.18 Å². The van der Waals surface area contributed by atoms with Crippen LogP contribution in [0.5, 0.6) is 0 Å². The third-order valence-corrected chi connectivity index (χ3v) is 3.89. The zero-order valence-electron chi connectivity index (χ0n) is 14.4. The fraction of sp³-hybridized carbons (Fsp3) is 0.294. The third kappa shape index (κ3) is 3.37. The molecular formula is C17H16F3N5O. The Bertz CT molecular complexity index is 980. The number of carbonyl (C=O) groups is 1. The Morgan fingerprint density at radius 1 is 1.19 bits per heavy atom. The monoisotopic (exact) mass is 363 g/mol. The van der Waals surface area contributed by atoms with E-state index in [9.17, 15) is 18.0 Å². The molecule has 0 aliphatic rings. The van der Waals surface area contributed by atoms with Gasteiger partial charge in [0.1, 0.15) is 0 Å². The highest BCUT2D eigenvalue weighted by molar-refractivity contribution is 5.90. The summed E-state index contributed by atoms with van der Waals surface area (Å²) in [6.45, 7) is 3.38. The Morgan fingerprint density at radius 3 is 2.58 bits per heavy atom. The van der Waals surface area contributed by atoms with Crippen LogP contribution in [0, 0.1) is 13.8 Å². The zero-order valence-corrected chi connectivity index (χ0v) is 14.4. The first-order valence-electron chi connectivity index (χ1n) is 7.78. The minimum atomic E-state index is -4.49. The fourth-order valence-electron chi connectivity index (χ4n) is 2.69. The molecule has 0 radical (unpaired) electrons. The van der Waals surface area contributed by atoms with E-state index in [1.165, 1.54) is 29.8 Å². The number of hydrogen-bond donors (Lipinski definition) is 0. The molecule has 0 N–H and O–H groups in total. The van der Waals surface area contributed by atoms with Crippen LogP contribution in [0.2, 0.25) is 0 Å². The van der Waals surface area contributed by atoms with Crippen LogP contribution in [0.1, 0.15) is 33.1 Å². The smallest absolute Gasteiger partial charge is 0.335 e. The van der Waals surface area contributed by atoms with E-state index >= 15 is 0 Å². The quantitative estimate of drug-likeness (QED) is 0.718. The van der Waals surface area contributed by atoms with Crippen LogP contribution in [0.25, 0.3) is 5.78 Å². The number of carbonyl (C=O) groups excluding carboxylic acids is 1. The molecule has 6 nitrogen and oxygen atoms in total. The number of rotatable bonds is 3. The van der Waals surface area contributed by atoms with Gasteiger partial charge in [-0.2, -0.15) is 18.2 Å². The molecule has 0 aliphatic heterocycles. The van der Waals surface area contributed by atoms with Gasteiger partial charge in [0.25, 0.3) is 11.7 Å². The van der Waals surface area contributed by atoms with Crippen molar-refractivity contribution in [3.63, 3.8) is 0 Å². The van der Waals surface area contributed by atoms with Crippen LogP contribution >= 0.6 is 0 Å². The maximum absolute atomic E-state index is 13.1. The summed E-state index contributed by atoms with van der Waals surface area (Å²) in [7, 11) is 1.41. The fourth-order valence-corrected chi connectivity index (χ4v) is 2.69. The van der Waals surface area contributed by atoms with Crippen LogP contribution < -0.4 is 0 Å². The lowest BCUT2D eigenvalue weighted by atomic mass is 10.1. The van der Waals surface area contributed by atoms with E-state index in [-0.39, 0.29) is 23.7 Å². The molecule has 2 aromatic heterocycles. The van der Waals surface area contributed by atoms with Crippen LogP contribution in [-0.4, -0.2) is 37.4 Å². The lowest BCUT2D eigenvalue weighted by Gasteiger charge is -2.19. The van der Waals surface area contributed by atoms with Crippen LogP contribution in [-0.2, 0) is 12.7 Å². The molecule has 0 saturated carbocycles. The van der Waals surface area contributed by atoms with Crippen molar-refractivity contribution in [2.45, 2.75) is 26.6 Å². The molecule has 136 valence electrons. The van der Waals surface area contributed by atoms with E-state index in [0.29, 0.717) is 0 Å². The normalized spacial score (nSPS) is 11.8.